The molecule has 0 saturated heterocycles. The van der Waals surface area contributed by atoms with E-state index in [9.17, 15) is 23.6 Å². The Labute approximate surface area is 123 Å². The van der Waals surface area contributed by atoms with Crippen molar-refractivity contribution in [2.75, 3.05) is 6.54 Å². The molecule has 0 heterocycles. The number of aliphatic hydroxyl groups excluding tert-OH is 1. The summed E-state index contributed by atoms with van der Waals surface area (Å²) in [5.41, 5.74) is -0.156. The normalized spacial score (nSPS) is 22.9. The molecule has 0 amide bonds. The van der Waals surface area contributed by atoms with Gasteiger partial charge in [-0.2, -0.15) is 0 Å². The van der Waals surface area contributed by atoms with Gasteiger partial charge in [-0.15, -0.1) is 0 Å². The summed E-state index contributed by atoms with van der Waals surface area (Å²) in [5, 5.41) is 20.4. The number of non-ortho nitro benzene ring substituents is 1. The number of hydrogen-bond acceptors (Lipinski definition) is 5. The predicted octanol–water partition coefficient (Wildman–Crippen LogP) is 1.42. The van der Waals surface area contributed by atoms with Gasteiger partial charge >= 0.3 is 0 Å². The van der Waals surface area contributed by atoms with E-state index in [0.29, 0.717) is 6.42 Å². The lowest BCUT2D eigenvalue weighted by Gasteiger charge is -2.27. The molecule has 1 aromatic rings. The molecule has 2 rings (SSSR count). The highest BCUT2D eigenvalue weighted by Gasteiger charge is 2.25. The van der Waals surface area contributed by atoms with Crippen molar-refractivity contribution in [3.63, 3.8) is 0 Å². The number of hydrogen-bond donors (Lipinski definition) is 2. The molecule has 7 nitrogen and oxygen atoms in total. The van der Waals surface area contributed by atoms with Crippen LogP contribution in [0.5, 0.6) is 0 Å². The van der Waals surface area contributed by atoms with Crippen LogP contribution in [0.25, 0.3) is 0 Å². The highest BCUT2D eigenvalue weighted by Crippen LogP contribution is 2.24. The SMILES string of the molecule is O=[N+]([O-])c1ccc(S(=O)(=O)NCC2CCCCC2O)cc1. The summed E-state index contributed by atoms with van der Waals surface area (Å²) >= 11 is 0. The Balaban J connectivity index is 2.02. The Morgan fingerprint density at radius 3 is 2.43 bits per heavy atom. The fourth-order valence-electron chi connectivity index (χ4n) is 2.47. The lowest BCUT2D eigenvalue weighted by molar-refractivity contribution is -0.384. The summed E-state index contributed by atoms with van der Waals surface area (Å²) in [6.45, 7) is 0.181. The minimum absolute atomic E-state index is 0.0154. The van der Waals surface area contributed by atoms with Crippen LogP contribution in [0.2, 0.25) is 0 Å². The van der Waals surface area contributed by atoms with Crippen LogP contribution in [0.4, 0.5) is 5.69 Å². The highest BCUT2D eigenvalue weighted by atomic mass is 32.2. The van der Waals surface area contributed by atoms with Crippen molar-refractivity contribution in [1.29, 1.82) is 0 Å². The Bertz CT molecular complexity index is 599. The maximum absolute atomic E-state index is 12.1. The average molecular weight is 314 g/mol. The van der Waals surface area contributed by atoms with Gasteiger partial charge < -0.3 is 5.11 Å². The molecule has 8 heteroatoms. The van der Waals surface area contributed by atoms with Gasteiger partial charge in [0, 0.05) is 18.7 Å². The van der Waals surface area contributed by atoms with Gasteiger partial charge in [0.05, 0.1) is 15.9 Å². The first-order valence-corrected chi connectivity index (χ1v) is 8.30. The third-order valence-electron chi connectivity index (χ3n) is 3.76. The molecular formula is C13H18N2O5S. The van der Waals surface area contributed by atoms with Crippen molar-refractivity contribution in [3.8, 4) is 0 Å². The fourth-order valence-corrected chi connectivity index (χ4v) is 3.57. The maximum atomic E-state index is 12.1. The third-order valence-corrected chi connectivity index (χ3v) is 5.20. The standard InChI is InChI=1S/C13H18N2O5S/c16-13-4-2-1-3-10(13)9-14-21(19,20)12-7-5-11(6-8-12)15(17)18/h5-8,10,13-14,16H,1-4,9H2. The molecule has 0 aromatic heterocycles. The maximum Gasteiger partial charge on any atom is 0.269 e. The third kappa shape index (κ3) is 3.99. The summed E-state index contributed by atoms with van der Waals surface area (Å²) < 4.78 is 26.7. The molecule has 1 aromatic carbocycles. The van der Waals surface area contributed by atoms with Gasteiger partial charge in [-0.1, -0.05) is 12.8 Å². The average Bonchev–Trinajstić information content (AvgIpc) is 2.46. The zero-order valence-corrected chi connectivity index (χ0v) is 12.3. The van der Waals surface area contributed by atoms with E-state index in [1.165, 1.54) is 12.1 Å². The molecule has 2 unspecified atom stereocenters. The van der Waals surface area contributed by atoms with E-state index in [-0.39, 0.29) is 23.0 Å². The van der Waals surface area contributed by atoms with E-state index in [1.807, 2.05) is 0 Å². The number of nitrogens with one attached hydrogen (secondary N) is 1. The first-order valence-electron chi connectivity index (χ1n) is 6.82. The number of nitro groups is 1. The van der Waals surface area contributed by atoms with Crippen molar-refractivity contribution in [2.24, 2.45) is 5.92 Å². The van der Waals surface area contributed by atoms with Crippen molar-refractivity contribution >= 4 is 15.7 Å². The molecule has 21 heavy (non-hydrogen) atoms. The van der Waals surface area contributed by atoms with E-state index >= 15 is 0 Å². The minimum atomic E-state index is -3.71. The highest BCUT2D eigenvalue weighted by molar-refractivity contribution is 7.89. The molecule has 1 fully saturated rings. The van der Waals surface area contributed by atoms with Gasteiger partial charge in [0.1, 0.15) is 0 Å². The van der Waals surface area contributed by atoms with Gasteiger partial charge in [0.2, 0.25) is 10.0 Å². The van der Waals surface area contributed by atoms with Crippen LogP contribution in [-0.4, -0.2) is 31.1 Å². The summed E-state index contributed by atoms with van der Waals surface area (Å²) in [4.78, 5) is 9.95. The van der Waals surface area contributed by atoms with Crippen LogP contribution in [0.15, 0.2) is 29.2 Å². The van der Waals surface area contributed by atoms with Crippen LogP contribution in [-0.2, 0) is 10.0 Å². The quantitative estimate of drug-likeness (QED) is 0.631. The van der Waals surface area contributed by atoms with Crippen molar-refractivity contribution in [2.45, 2.75) is 36.7 Å². The van der Waals surface area contributed by atoms with Gasteiger partial charge in [0.25, 0.3) is 5.69 Å². The number of nitro benzene ring substituents is 1. The van der Waals surface area contributed by atoms with E-state index in [4.69, 9.17) is 0 Å². The zero-order valence-electron chi connectivity index (χ0n) is 11.4. The van der Waals surface area contributed by atoms with E-state index in [0.717, 1.165) is 31.4 Å². The molecular weight excluding hydrogens is 296 g/mol. The number of benzene rings is 1. The molecule has 1 aliphatic rings. The summed E-state index contributed by atoms with van der Waals surface area (Å²) in [7, 11) is -3.71. The van der Waals surface area contributed by atoms with E-state index < -0.39 is 21.1 Å². The van der Waals surface area contributed by atoms with Crippen LogP contribution in [0.3, 0.4) is 0 Å². The Morgan fingerprint density at radius 1 is 1.24 bits per heavy atom. The summed E-state index contributed by atoms with van der Waals surface area (Å²) in [5.74, 6) is -0.0772. The molecule has 2 atom stereocenters. The molecule has 116 valence electrons. The van der Waals surface area contributed by atoms with Gasteiger partial charge in [0.15, 0.2) is 0 Å². The molecule has 0 spiro atoms. The predicted molar refractivity (Wildman–Crippen MR) is 76.2 cm³/mol. The van der Waals surface area contributed by atoms with Crippen molar-refractivity contribution < 1.29 is 18.4 Å². The molecule has 1 saturated carbocycles. The fraction of sp³-hybridized carbons (Fsp3) is 0.538. The number of sulfonamides is 1. The van der Waals surface area contributed by atoms with Crippen LogP contribution in [0, 0.1) is 16.0 Å². The van der Waals surface area contributed by atoms with Crippen molar-refractivity contribution in [3.05, 3.63) is 34.4 Å². The number of nitrogens with zero attached hydrogens (tertiary/aromatic N) is 1. The van der Waals surface area contributed by atoms with E-state index in [2.05, 4.69) is 4.72 Å². The van der Waals surface area contributed by atoms with Gasteiger partial charge in [-0.3, -0.25) is 10.1 Å². The smallest absolute Gasteiger partial charge is 0.269 e. The minimum Gasteiger partial charge on any atom is -0.393 e. The van der Waals surface area contributed by atoms with Crippen LogP contribution < -0.4 is 4.72 Å². The zero-order chi connectivity index (χ0) is 15.5. The first-order chi connectivity index (χ1) is 9.90. The van der Waals surface area contributed by atoms with Gasteiger partial charge in [-0.25, -0.2) is 13.1 Å². The second-order valence-corrected chi connectivity index (χ2v) is 6.98. The van der Waals surface area contributed by atoms with Gasteiger partial charge in [-0.05, 0) is 30.9 Å². The van der Waals surface area contributed by atoms with Crippen molar-refractivity contribution in [1.82, 2.24) is 4.72 Å². The number of rotatable bonds is 5. The van der Waals surface area contributed by atoms with Crippen LogP contribution >= 0.6 is 0 Å². The second kappa shape index (κ2) is 6.50. The molecule has 0 aliphatic heterocycles. The van der Waals surface area contributed by atoms with Crippen LogP contribution in [0.1, 0.15) is 25.7 Å². The number of aliphatic hydroxyl groups is 1. The topological polar surface area (TPSA) is 110 Å². The lowest BCUT2D eigenvalue weighted by atomic mass is 9.87. The Morgan fingerprint density at radius 2 is 1.86 bits per heavy atom. The first kappa shape index (κ1) is 15.9. The molecule has 2 N–H and O–H groups in total. The largest absolute Gasteiger partial charge is 0.393 e. The Hall–Kier alpha value is -1.51. The van der Waals surface area contributed by atoms with E-state index in [1.54, 1.807) is 0 Å². The molecule has 0 radical (unpaired) electrons. The lowest BCUT2D eigenvalue weighted by Crippen LogP contribution is -2.36. The monoisotopic (exact) mass is 314 g/mol. The summed E-state index contributed by atoms with van der Waals surface area (Å²) in [6, 6.07) is 4.73. The summed E-state index contributed by atoms with van der Waals surface area (Å²) in [6.07, 6.45) is 2.97. The second-order valence-electron chi connectivity index (χ2n) is 5.21. The molecule has 0 bridgehead atoms. The molecule has 1 aliphatic carbocycles. The Kier molecular flexibility index (Phi) is 4.92.